The fourth-order valence-corrected chi connectivity index (χ4v) is 2.97. The number of aromatic nitrogens is 4. The van der Waals surface area contributed by atoms with Gasteiger partial charge in [-0.25, -0.2) is 9.67 Å². The van der Waals surface area contributed by atoms with Crippen molar-refractivity contribution in [2.24, 2.45) is 0 Å². The average molecular weight is 363 g/mol. The third-order valence-corrected chi connectivity index (χ3v) is 4.55. The van der Waals surface area contributed by atoms with Crippen LogP contribution < -0.4 is 0 Å². The zero-order valence-corrected chi connectivity index (χ0v) is 14.2. The first-order chi connectivity index (χ1) is 10.1. The van der Waals surface area contributed by atoms with Crippen molar-refractivity contribution in [2.45, 2.75) is 25.2 Å². The Morgan fingerprint density at radius 3 is 2.71 bits per heavy atom. The van der Waals surface area contributed by atoms with Crippen LogP contribution in [-0.2, 0) is 6.54 Å². The van der Waals surface area contributed by atoms with Crippen molar-refractivity contribution in [1.29, 1.82) is 0 Å². The van der Waals surface area contributed by atoms with Crippen molar-refractivity contribution in [2.75, 3.05) is 0 Å². The zero-order chi connectivity index (χ0) is 14.8. The fourth-order valence-electron chi connectivity index (χ4n) is 1.95. The third-order valence-electron chi connectivity index (χ3n) is 3.14. The molecule has 0 radical (unpaired) electrons. The van der Waals surface area contributed by atoms with Gasteiger partial charge in [-0.15, -0.1) is 16.4 Å². The lowest BCUT2D eigenvalue weighted by Crippen LogP contribution is -2.00. The van der Waals surface area contributed by atoms with E-state index in [1.165, 1.54) is 5.56 Å². The Labute approximate surface area is 136 Å². The predicted octanol–water partition coefficient (Wildman–Crippen LogP) is 4.21. The summed E-state index contributed by atoms with van der Waals surface area (Å²) in [6.07, 6.45) is 1.95. The summed E-state index contributed by atoms with van der Waals surface area (Å²) in [6, 6.07) is 8.44. The largest absolute Gasteiger partial charge is 0.246 e. The number of nitrogens with zero attached hydrogens (tertiary/aromatic N) is 4. The first kappa shape index (κ1) is 14.4. The molecule has 0 bridgehead atoms. The first-order valence-corrected chi connectivity index (χ1v) is 8.47. The molecule has 0 saturated carbocycles. The maximum Gasteiger partial charge on any atom is 0.123 e. The van der Waals surface area contributed by atoms with Crippen LogP contribution in [0.15, 0.2) is 35.8 Å². The van der Waals surface area contributed by atoms with Gasteiger partial charge < -0.3 is 0 Å². The molecule has 0 fully saturated rings. The van der Waals surface area contributed by atoms with E-state index in [2.05, 4.69) is 67.8 Å². The summed E-state index contributed by atoms with van der Waals surface area (Å²) in [6.45, 7) is 4.77. The summed E-state index contributed by atoms with van der Waals surface area (Å²) in [7, 11) is 0. The van der Waals surface area contributed by atoms with Gasteiger partial charge in [0.15, 0.2) is 0 Å². The predicted molar refractivity (Wildman–Crippen MR) is 88.8 cm³/mol. The summed E-state index contributed by atoms with van der Waals surface area (Å²) in [5.74, 6) is 0. The Morgan fingerprint density at radius 1 is 1.29 bits per heavy atom. The molecule has 0 aliphatic heterocycles. The molecule has 2 heterocycles. The third kappa shape index (κ3) is 3.39. The molecule has 0 N–H and O–H groups in total. The fraction of sp³-hybridized carbons (Fsp3) is 0.267. The minimum absolute atomic E-state index is 0.213. The summed E-state index contributed by atoms with van der Waals surface area (Å²) in [5.41, 5.74) is 4.36. The van der Waals surface area contributed by atoms with Crippen molar-refractivity contribution in [3.8, 4) is 10.6 Å². The van der Waals surface area contributed by atoms with Crippen LogP contribution in [0.1, 0.15) is 28.7 Å². The molecular weight excluding hydrogens is 348 g/mol. The molecule has 4 nitrogen and oxygen atoms in total. The van der Waals surface area contributed by atoms with Crippen molar-refractivity contribution >= 4 is 27.3 Å². The Balaban J connectivity index is 1.76. The van der Waals surface area contributed by atoms with Crippen molar-refractivity contribution in [1.82, 2.24) is 20.0 Å². The normalized spacial score (nSPS) is 12.5. The lowest BCUT2D eigenvalue weighted by molar-refractivity contribution is 0.641. The van der Waals surface area contributed by atoms with E-state index in [0.29, 0.717) is 6.54 Å². The van der Waals surface area contributed by atoms with Crippen LogP contribution in [0.2, 0.25) is 0 Å². The molecule has 6 heteroatoms. The van der Waals surface area contributed by atoms with Gasteiger partial charge >= 0.3 is 0 Å². The number of hydrogen-bond donors (Lipinski definition) is 0. The van der Waals surface area contributed by atoms with Gasteiger partial charge in [-0.2, -0.15) is 0 Å². The van der Waals surface area contributed by atoms with Gasteiger partial charge in [0.2, 0.25) is 0 Å². The van der Waals surface area contributed by atoms with E-state index in [4.69, 9.17) is 0 Å². The Bertz CT molecular complexity index is 730. The first-order valence-electron chi connectivity index (χ1n) is 6.67. The molecule has 108 valence electrons. The molecule has 1 unspecified atom stereocenters. The maximum absolute atomic E-state index is 4.68. The smallest absolute Gasteiger partial charge is 0.123 e. The number of alkyl halides is 1. The van der Waals surface area contributed by atoms with Crippen molar-refractivity contribution in [3.05, 3.63) is 52.8 Å². The second-order valence-electron chi connectivity index (χ2n) is 4.97. The molecule has 1 aromatic carbocycles. The monoisotopic (exact) mass is 362 g/mol. The van der Waals surface area contributed by atoms with Crippen LogP contribution in [0.4, 0.5) is 0 Å². The molecule has 3 aromatic rings. The van der Waals surface area contributed by atoms with Gasteiger partial charge in [0.1, 0.15) is 5.01 Å². The molecule has 21 heavy (non-hydrogen) atoms. The van der Waals surface area contributed by atoms with Gasteiger partial charge in [0.05, 0.1) is 29.0 Å². The van der Waals surface area contributed by atoms with Gasteiger partial charge in [0, 0.05) is 10.9 Å². The van der Waals surface area contributed by atoms with E-state index < -0.39 is 0 Å². The number of halogens is 1. The SMILES string of the molecule is Cc1ccc(-c2nc(Cn3cc(C(C)Br)nn3)cs2)cc1. The Hall–Kier alpha value is -1.53. The molecular formula is C15H15BrN4S. The number of benzene rings is 1. The van der Waals surface area contributed by atoms with Gasteiger partial charge in [-0.1, -0.05) is 51.0 Å². The minimum atomic E-state index is 0.213. The van der Waals surface area contributed by atoms with Gasteiger partial charge in [-0.3, -0.25) is 0 Å². The van der Waals surface area contributed by atoms with Crippen LogP contribution >= 0.6 is 27.3 Å². The van der Waals surface area contributed by atoms with E-state index in [0.717, 1.165) is 22.0 Å². The van der Waals surface area contributed by atoms with Crippen LogP contribution in [0, 0.1) is 6.92 Å². The van der Waals surface area contributed by atoms with Crippen LogP contribution in [0.5, 0.6) is 0 Å². The van der Waals surface area contributed by atoms with Crippen LogP contribution in [-0.4, -0.2) is 20.0 Å². The molecule has 3 rings (SSSR count). The lowest BCUT2D eigenvalue weighted by Gasteiger charge is -1.98. The standard InChI is InChI=1S/C15H15BrN4S/c1-10-3-5-12(6-4-10)15-17-13(9-21-15)7-20-8-14(11(2)16)18-19-20/h3-6,8-9,11H,7H2,1-2H3. The number of rotatable bonds is 4. The Morgan fingerprint density at radius 2 is 2.05 bits per heavy atom. The minimum Gasteiger partial charge on any atom is -0.246 e. The highest BCUT2D eigenvalue weighted by molar-refractivity contribution is 9.09. The molecule has 2 aromatic heterocycles. The molecule has 0 saturated heterocycles. The highest BCUT2D eigenvalue weighted by Gasteiger charge is 2.09. The van der Waals surface area contributed by atoms with Crippen molar-refractivity contribution < 1.29 is 0 Å². The maximum atomic E-state index is 4.68. The summed E-state index contributed by atoms with van der Waals surface area (Å²) >= 11 is 5.15. The Kier molecular flexibility index (Phi) is 4.17. The molecule has 0 spiro atoms. The van der Waals surface area contributed by atoms with E-state index in [-0.39, 0.29) is 4.83 Å². The lowest BCUT2D eigenvalue weighted by atomic mass is 10.2. The number of aryl methyl sites for hydroxylation is 1. The average Bonchev–Trinajstić information content (AvgIpc) is 3.10. The quantitative estimate of drug-likeness (QED) is 0.652. The molecule has 1 atom stereocenters. The second kappa shape index (κ2) is 6.07. The second-order valence-corrected chi connectivity index (χ2v) is 7.20. The van der Waals surface area contributed by atoms with E-state index in [1.54, 1.807) is 11.3 Å². The van der Waals surface area contributed by atoms with E-state index in [1.807, 2.05) is 17.8 Å². The number of thiazole rings is 1. The highest BCUT2D eigenvalue weighted by Crippen LogP contribution is 2.24. The van der Waals surface area contributed by atoms with E-state index in [9.17, 15) is 0 Å². The van der Waals surface area contributed by atoms with E-state index >= 15 is 0 Å². The number of hydrogen-bond acceptors (Lipinski definition) is 4. The summed E-state index contributed by atoms with van der Waals surface area (Å²) in [5, 5.41) is 11.4. The topological polar surface area (TPSA) is 43.6 Å². The molecule has 0 aliphatic rings. The van der Waals surface area contributed by atoms with Gasteiger partial charge in [-0.05, 0) is 13.8 Å². The van der Waals surface area contributed by atoms with Gasteiger partial charge in [0.25, 0.3) is 0 Å². The summed E-state index contributed by atoms with van der Waals surface area (Å²) in [4.78, 5) is 4.89. The van der Waals surface area contributed by atoms with Crippen LogP contribution in [0.3, 0.4) is 0 Å². The summed E-state index contributed by atoms with van der Waals surface area (Å²) < 4.78 is 1.82. The molecule has 0 amide bonds. The van der Waals surface area contributed by atoms with Crippen LogP contribution in [0.25, 0.3) is 10.6 Å². The molecule has 0 aliphatic carbocycles. The zero-order valence-electron chi connectivity index (χ0n) is 11.8. The highest BCUT2D eigenvalue weighted by atomic mass is 79.9. The van der Waals surface area contributed by atoms with Crippen molar-refractivity contribution in [3.63, 3.8) is 0 Å².